The predicted octanol–water partition coefficient (Wildman–Crippen LogP) is 3.16. The Labute approximate surface area is 85.1 Å². The largest absolute Gasteiger partial charge is 0.294 e. The molecular formula is C13H16O. The molecule has 0 aromatic heterocycles. The normalized spacial score (nSPS) is 16.2. The van der Waals surface area contributed by atoms with E-state index in [1.807, 2.05) is 0 Å². The SMILES string of the molecule is CCc1cccc2c1C(=O)CCCC2. The van der Waals surface area contributed by atoms with Crippen LogP contribution in [0.5, 0.6) is 0 Å². The number of ketones is 1. The van der Waals surface area contributed by atoms with Crippen molar-refractivity contribution in [2.75, 3.05) is 0 Å². The first kappa shape index (κ1) is 9.45. The molecule has 0 saturated carbocycles. The molecule has 1 heteroatoms. The highest BCUT2D eigenvalue weighted by Crippen LogP contribution is 2.24. The standard InChI is InChI=1S/C13H16O/c1-2-10-7-5-8-11-6-3-4-9-12(14)13(10)11/h5,7-8H,2-4,6,9H2,1H3. The van der Waals surface area contributed by atoms with Gasteiger partial charge in [-0.15, -0.1) is 0 Å². The molecule has 0 unspecified atom stereocenters. The number of hydrogen-bond acceptors (Lipinski definition) is 1. The monoisotopic (exact) mass is 188 g/mol. The molecule has 0 radical (unpaired) electrons. The van der Waals surface area contributed by atoms with Crippen LogP contribution in [0.1, 0.15) is 47.7 Å². The Morgan fingerprint density at radius 2 is 2.00 bits per heavy atom. The number of carbonyl (C=O) groups is 1. The molecule has 0 saturated heterocycles. The minimum absolute atomic E-state index is 0.356. The Balaban J connectivity index is 2.53. The highest BCUT2D eigenvalue weighted by molar-refractivity contribution is 5.99. The van der Waals surface area contributed by atoms with Crippen molar-refractivity contribution < 1.29 is 4.79 Å². The van der Waals surface area contributed by atoms with Crippen LogP contribution in [0.3, 0.4) is 0 Å². The van der Waals surface area contributed by atoms with Gasteiger partial charge >= 0.3 is 0 Å². The van der Waals surface area contributed by atoms with Crippen molar-refractivity contribution in [1.29, 1.82) is 0 Å². The topological polar surface area (TPSA) is 17.1 Å². The second-order valence-corrected chi connectivity index (χ2v) is 3.94. The fraction of sp³-hybridized carbons (Fsp3) is 0.462. The van der Waals surface area contributed by atoms with Crippen LogP contribution in [-0.2, 0) is 12.8 Å². The van der Waals surface area contributed by atoms with Crippen LogP contribution in [-0.4, -0.2) is 5.78 Å². The zero-order valence-electron chi connectivity index (χ0n) is 8.68. The molecule has 1 aromatic rings. The Morgan fingerprint density at radius 3 is 2.79 bits per heavy atom. The van der Waals surface area contributed by atoms with E-state index in [1.54, 1.807) is 0 Å². The van der Waals surface area contributed by atoms with Gasteiger partial charge in [-0.3, -0.25) is 4.79 Å². The fourth-order valence-corrected chi connectivity index (χ4v) is 2.24. The second kappa shape index (κ2) is 3.95. The van der Waals surface area contributed by atoms with E-state index in [4.69, 9.17) is 0 Å². The van der Waals surface area contributed by atoms with Crippen molar-refractivity contribution in [2.45, 2.75) is 39.0 Å². The molecule has 0 N–H and O–H groups in total. The molecule has 0 fully saturated rings. The molecule has 0 aliphatic heterocycles. The van der Waals surface area contributed by atoms with Crippen LogP contribution in [0.15, 0.2) is 18.2 Å². The van der Waals surface area contributed by atoms with Crippen molar-refractivity contribution in [3.63, 3.8) is 0 Å². The summed E-state index contributed by atoms with van der Waals surface area (Å²) < 4.78 is 0. The lowest BCUT2D eigenvalue weighted by Crippen LogP contribution is -2.04. The van der Waals surface area contributed by atoms with Gasteiger partial charge < -0.3 is 0 Å². The van der Waals surface area contributed by atoms with Gasteiger partial charge in [-0.2, -0.15) is 0 Å². The lowest BCUT2D eigenvalue weighted by Gasteiger charge is -2.09. The van der Waals surface area contributed by atoms with Gasteiger partial charge in [-0.05, 0) is 36.8 Å². The van der Waals surface area contributed by atoms with E-state index in [1.165, 1.54) is 11.1 Å². The molecule has 0 bridgehead atoms. The lowest BCUT2D eigenvalue weighted by molar-refractivity contribution is 0.0981. The van der Waals surface area contributed by atoms with Crippen molar-refractivity contribution in [2.24, 2.45) is 0 Å². The maximum absolute atomic E-state index is 11.9. The third-order valence-electron chi connectivity index (χ3n) is 3.00. The first-order valence-electron chi connectivity index (χ1n) is 5.47. The zero-order chi connectivity index (χ0) is 9.97. The minimum atomic E-state index is 0.356. The number of hydrogen-bond donors (Lipinski definition) is 0. The van der Waals surface area contributed by atoms with E-state index in [9.17, 15) is 4.79 Å². The Hall–Kier alpha value is -1.11. The molecule has 1 aliphatic rings. The number of fused-ring (bicyclic) bond motifs is 1. The maximum Gasteiger partial charge on any atom is 0.163 e. The highest BCUT2D eigenvalue weighted by atomic mass is 16.1. The van der Waals surface area contributed by atoms with Gasteiger partial charge in [0.25, 0.3) is 0 Å². The van der Waals surface area contributed by atoms with Crippen LogP contribution >= 0.6 is 0 Å². The van der Waals surface area contributed by atoms with Gasteiger partial charge in [0, 0.05) is 12.0 Å². The second-order valence-electron chi connectivity index (χ2n) is 3.94. The van der Waals surface area contributed by atoms with Gasteiger partial charge in [0.15, 0.2) is 5.78 Å². The molecule has 0 heterocycles. The van der Waals surface area contributed by atoms with Crippen molar-refractivity contribution in [1.82, 2.24) is 0 Å². The molecule has 1 aliphatic carbocycles. The zero-order valence-corrected chi connectivity index (χ0v) is 8.68. The van der Waals surface area contributed by atoms with Crippen molar-refractivity contribution in [3.05, 3.63) is 34.9 Å². The van der Waals surface area contributed by atoms with E-state index in [0.29, 0.717) is 5.78 Å². The van der Waals surface area contributed by atoms with Gasteiger partial charge in [-0.25, -0.2) is 0 Å². The maximum atomic E-state index is 11.9. The van der Waals surface area contributed by atoms with Crippen LogP contribution < -0.4 is 0 Å². The Bertz CT molecular complexity index is 352. The van der Waals surface area contributed by atoms with Crippen LogP contribution in [0, 0.1) is 0 Å². The predicted molar refractivity (Wildman–Crippen MR) is 57.7 cm³/mol. The van der Waals surface area contributed by atoms with Crippen LogP contribution in [0.4, 0.5) is 0 Å². The number of aryl methyl sites for hydroxylation is 2. The van der Waals surface area contributed by atoms with Crippen LogP contribution in [0.2, 0.25) is 0 Å². The van der Waals surface area contributed by atoms with Gasteiger partial charge in [0.1, 0.15) is 0 Å². The van der Waals surface area contributed by atoms with E-state index < -0.39 is 0 Å². The van der Waals surface area contributed by atoms with Crippen molar-refractivity contribution >= 4 is 5.78 Å². The lowest BCUT2D eigenvalue weighted by atomic mass is 9.95. The average Bonchev–Trinajstić information content (AvgIpc) is 2.40. The summed E-state index contributed by atoms with van der Waals surface area (Å²) in [6, 6.07) is 6.27. The van der Waals surface area contributed by atoms with Gasteiger partial charge in [-0.1, -0.05) is 25.1 Å². The highest BCUT2D eigenvalue weighted by Gasteiger charge is 2.17. The average molecular weight is 188 g/mol. The van der Waals surface area contributed by atoms with E-state index in [0.717, 1.165) is 37.7 Å². The quantitative estimate of drug-likeness (QED) is 0.619. The summed E-state index contributed by atoms with van der Waals surface area (Å²) in [5.74, 6) is 0.356. The Kier molecular flexibility index (Phi) is 2.67. The summed E-state index contributed by atoms with van der Waals surface area (Å²) in [6.45, 7) is 2.12. The van der Waals surface area contributed by atoms with E-state index in [-0.39, 0.29) is 0 Å². The van der Waals surface area contributed by atoms with Crippen molar-refractivity contribution in [3.8, 4) is 0 Å². The third kappa shape index (κ3) is 1.59. The van der Waals surface area contributed by atoms with E-state index >= 15 is 0 Å². The molecule has 14 heavy (non-hydrogen) atoms. The smallest absolute Gasteiger partial charge is 0.163 e. The third-order valence-corrected chi connectivity index (χ3v) is 3.00. The summed E-state index contributed by atoms with van der Waals surface area (Å²) in [4.78, 5) is 11.9. The molecule has 0 atom stereocenters. The van der Waals surface area contributed by atoms with Gasteiger partial charge in [0.05, 0.1) is 0 Å². The first-order chi connectivity index (χ1) is 6.83. The number of Topliss-reactive ketones (excluding diaryl/α,β-unsaturated/α-hetero) is 1. The Morgan fingerprint density at radius 1 is 1.21 bits per heavy atom. The number of benzene rings is 1. The summed E-state index contributed by atoms with van der Waals surface area (Å²) in [6.07, 6.45) is 5.00. The molecule has 1 aromatic carbocycles. The fourth-order valence-electron chi connectivity index (χ4n) is 2.24. The van der Waals surface area contributed by atoms with E-state index in [2.05, 4.69) is 25.1 Å². The molecular weight excluding hydrogens is 172 g/mol. The molecule has 0 amide bonds. The number of rotatable bonds is 1. The summed E-state index contributed by atoms with van der Waals surface area (Å²) in [5, 5.41) is 0. The summed E-state index contributed by atoms with van der Waals surface area (Å²) in [5.41, 5.74) is 3.54. The molecule has 2 rings (SSSR count). The molecule has 1 nitrogen and oxygen atoms in total. The summed E-state index contributed by atoms with van der Waals surface area (Å²) in [7, 11) is 0. The molecule has 0 spiro atoms. The molecule has 74 valence electrons. The minimum Gasteiger partial charge on any atom is -0.294 e. The number of carbonyl (C=O) groups excluding carboxylic acids is 1. The summed E-state index contributed by atoms with van der Waals surface area (Å²) >= 11 is 0. The van der Waals surface area contributed by atoms with Gasteiger partial charge in [0.2, 0.25) is 0 Å². The van der Waals surface area contributed by atoms with Crippen LogP contribution in [0.25, 0.3) is 0 Å². The first-order valence-corrected chi connectivity index (χ1v) is 5.47.